The summed E-state index contributed by atoms with van der Waals surface area (Å²) in [5.41, 5.74) is 8.36. The lowest BCUT2D eigenvalue weighted by Crippen LogP contribution is -2.33. The largest absolute Gasteiger partial charge is 0.484 e. The maximum absolute atomic E-state index is 12.5. The molecule has 4 nitrogen and oxygen atoms in total. The summed E-state index contributed by atoms with van der Waals surface area (Å²) in [6.45, 7) is 4.09. The molecule has 0 aromatic heterocycles. The third-order valence-electron chi connectivity index (χ3n) is 4.71. The van der Waals surface area contributed by atoms with Crippen LogP contribution in [-0.2, 0) is 4.79 Å². The van der Waals surface area contributed by atoms with Crippen LogP contribution in [0, 0.1) is 12.8 Å². The summed E-state index contributed by atoms with van der Waals surface area (Å²) in [6, 6.07) is 18.0. The van der Waals surface area contributed by atoms with E-state index in [1.54, 1.807) is 0 Å². The van der Waals surface area contributed by atoms with Gasteiger partial charge in [-0.1, -0.05) is 48.0 Å². The Morgan fingerprint density at radius 2 is 1.80 bits per heavy atom. The quantitative estimate of drug-likeness (QED) is 0.891. The fourth-order valence-corrected chi connectivity index (χ4v) is 3.26. The molecule has 1 aliphatic rings. The Morgan fingerprint density at radius 3 is 2.44 bits per heavy atom. The van der Waals surface area contributed by atoms with Gasteiger partial charge in [0.05, 0.1) is 0 Å². The van der Waals surface area contributed by atoms with Crippen LogP contribution in [0.15, 0.2) is 54.6 Å². The summed E-state index contributed by atoms with van der Waals surface area (Å²) in [5, 5.41) is 0. The van der Waals surface area contributed by atoms with E-state index < -0.39 is 0 Å². The number of benzene rings is 2. The molecule has 1 aliphatic heterocycles. The Morgan fingerprint density at radius 1 is 1.12 bits per heavy atom. The standard InChI is InChI=1S/C20H24N2O2.ClH/c1-15-7-9-18(10-8-15)24-14-20(23)22-12-17(11-21)19(13-22)16-5-3-2-4-6-16;/h2-10,17,19H,11-14,21H2,1H3;1H/t17-,19+;/m1./s1. The van der Waals surface area contributed by atoms with Gasteiger partial charge in [0.25, 0.3) is 5.91 Å². The van der Waals surface area contributed by atoms with Gasteiger partial charge in [0.1, 0.15) is 5.75 Å². The number of halogens is 1. The van der Waals surface area contributed by atoms with Gasteiger partial charge in [0.15, 0.2) is 6.61 Å². The van der Waals surface area contributed by atoms with Gasteiger partial charge in [-0.2, -0.15) is 0 Å². The number of nitrogens with two attached hydrogens (primary N) is 1. The van der Waals surface area contributed by atoms with Crippen LogP contribution in [0.4, 0.5) is 0 Å². The topological polar surface area (TPSA) is 55.6 Å². The summed E-state index contributed by atoms with van der Waals surface area (Å²) in [4.78, 5) is 14.4. The Bertz CT molecular complexity index is 676. The van der Waals surface area contributed by atoms with Crippen molar-refractivity contribution in [1.29, 1.82) is 0 Å². The smallest absolute Gasteiger partial charge is 0.260 e. The molecule has 5 heteroatoms. The van der Waals surface area contributed by atoms with Crippen molar-refractivity contribution in [3.8, 4) is 5.75 Å². The van der Waals surface area contributed by atoms with Crippen molar-refractivity contribution in [3.63, 3.8) is 0 Å². The highest BCUT2D eigenvalue weighted by molar-refractivity contribution is 5.85. The SMILES string of the molecule is Cc1ccc(OCC(=O)N2C[C@@H](CN)[C@H](c3ccccc3)C2)cc1.Cl. The number of hydrogen-bond donors (Lipinski definition) is 1. The average molecular weight is 361 g/mol. The van der Waals surface area contributed by atoms with E-state index >= 15 is 0 Å². The van der Waals surface area contributed by atoms with Crippen LogP contribution < -0.4 is 10.5 Å². The van der Waals surface area contributed by atoms with E-state index in [4.69, 9.17) is 10.5 Å². The lowest BCUT2D eigenvalue weighted by atomic mass is 9.89. The second-order valence-electron chi connectivity index (χ2n) is 6.41. The molecule has 1 heterocycles. The number of aryl methyl sites for hydroxylation is 1. The third-order valence-corrected chi connectivity index (χ3v) is 4.71. The number of amides is 1. The zero-order valence-electron chi connectivity index (χ0n) is 14.4. The molecule has 2 aromatic rings. The van der Waals surface area contributed by atoms with Gasteiger partial charge in [0.2, 0.25) is 0 Å². The number of carbonyl (C=O) groups excluding carboxylic acids is 1. The molecule has 1 amide bonds. The van der Waals surface area contributed by atoms with Gasteiger partial charge in [-0.25, -0.2) is 0 Å². The number of hydrogen-bond acceptors (Lipinski definition) is 3. The van der Waals surface area contributed by atoms with Gasteiger partial charge in [-0.05, 0) is 37.1 Å². The molecule has 3 rings (SSSR count). The summed E-state index contributed by atoms with van der Waals surface area (Å²) in [5.74, 6) is 1.35. The van der Waals surface area contributed by atoms with Crippen LogP contribution in [0.25, 0.3) is 0 Å². The second-order valence-corrected chi connectivity index (χ2v) is 6.41. The predicted octanol–water partition coefficient (Wildman–Crippen LogP) is 3.00. The monoisotopic (exact) mass is 360 g/mol. The average Bonchev–Trinajstić information content (AvgIpc) is 3.06. The van der Waals surface area contributed by atoms with Crippen LogP contribution in [-0.4, -0.2) is 37.0 Å². The summed E-state index contributed by atoms with van der Waals surface area (Å²) in [6.07, 6.45) is 0. The molecule has 0 spiro atoms. The van der Waals surface area contributed by atoms with E-state index in [1.165, 1.54) is 11.1 Å². The number of likely N-dealkylation sites (tertiary alicyclic amines) is 1. The van der Waals surface area contributed by atoms with Crippen LogP contribution in [0.1, 0.15) is 17.0 Å². The van der Waals surface area contributed by atoms with Crippen molar-refractivity contribution >= 4 is 18.3 Å². The molecule has 0 aliphatic carbocycles. The van der Waals surface area contributed by atoms with E-state index in [0.29, 0.717) is 31.5 Å². The van der Waals surface area contributed by atoms with Gasteiger partial charge < -0.3 is 15.4 Å². The summed E-state index contributed by atoms with van der Waals surface area (Å²) < 4.78 is 5.62. The van der Waals surface area contributed by atoms with E-state index in [0.717, 1.165) is 5.75 Å². The van der Waals surface area contributed by atoms with Crippen LogP contribution in [0.3, 0.4) is 0 Å². The molecular weight excluding hydrogens is 336 g/mol. The molecule has 134 valence electrons. The number of rotatable bonds is 5. The first-order valence-electron chi connectivity index (χ1n) is 8.39. The summed E-state index contributed by atoms with van der Waals surface area (Å²) >= 11 is 0. The van der Waals surface area contributed by atoms with Crippen molar-refractivity contribution < 1.29 is 9.53 Å². The van der Waals surface area contributed by atoms with E-state index in [2.05, 4.69) is 12.1 Å². The fourth-order valence-electron chi connectivity index (χ4n) is 3.26. The van der Waals surface area contributed by atoms with E-state index in [9.17, 15) is 4.79 Å². The lowest BCUT2D eigenvalue weighted by molar-refractivity contribution is -0.132. The number of nitrogens with zero attached hydrogens (tertiary/aromatic N) is 1. The van der Waals surface area contributed by atoms with E-state index in [-0.39, 0.29) is 24.9 Å². The molecule has 2 aromatic carbocycles. The van der Waals surface area contributed by atoms with Crippen molar-refractivity contribution in [2.24, 2.45) is 11.7 Å². The minimum Gasteiger partial charge on any atom is -0.484 e. The van der Waals surface area contributed by atoms with Crippen LogP contribution in [0.5, 0.6) is 5.75 Å². The van der Waals surface area contributed by atoms with Crippen LogP contribution in [0.2, 0.25) is 0 Å². The lowest BCUT2D eigenvalue weighted by Gasteiger charge is -2.17. The highest BCUT2D eigenvalue weighted by Crippen LogP contribution is 2.32. The normalized spacial score (nSPS) is 19.4. The predicted molar refractivity (Wildman–Crippen MR) is 102 cm³/mol. The molecule has 0 unspecified atom stereocenters. The molecule has 0 radical (unpaired) electrons. The Balaban J connectivity index is 0.00000225. The Kier molecular flexibility index (Phi) is 6.85. The number of carbonyl (C=O) groups is 1. The third kappa shape index (κ3) is 4.74. The maximum Gasteiger partial charge on any atom is 0.260 e. The molecular formula is C20H25ClN2O2. The molecule has 0 saturated carbocycles. The Labute approximate surface area is 155 Å². The zero-order valence-corrected chi connectivity index (χ0v) is 15.2. The minimum absolute atomic E-state index is 0. The first-order valence-corrected chi connectivity index (χ1v) is 8.39. The highest BCUT2D eigenvalue weighted by atomic mass is 35.5. The van der Waals surface area contributed by atoms with Crippen molar-refractivity contribution in [1.82, 2.24) is 4.90 Å². The zero-order chi connectivity index (χ0) is 16.9. The molecule has 25 heavy (non-hydrogen) atoms. The fraction of sp³-hybridized carbons (Fsp3) is 0.350. The van der Waals surface area contributed by atoms with Crippen molar-refractivity contribution in [3.05, 3.63) is 65.7 Å². The Hall–Kier alpha value is -2.04. The van der Waals surface area contributed by atoms with E-state index in [1.807, 2.05) is 54.3 Å². The first kappa shape index (κ1) is 19.3. The van der Waals surface area contributed by atoms with Crippen molar-refractivity contribution in [2.45, 2.75) is 12.8 Å². The summed E-state index contributed by atoms with van der Waals surface area (Å²) in [7, 11) is 0. The first-order chi connectivity index (χ1) is 11.7. The van der Waals surface area contributed by atoms with Crippen molar-refractivity contribution in [2.75, 3.05) is 26.2 Å². The number of ether oxygens (including phenoxy) is 1. The van der Waals surface area contributed by atoms with Gasteiger partial charge in [-0.3, -0.25) is 4.79 Å². The molecule has 2 atom stereocenters. The molecule has 1 fully saturated rings. The van der Waals surface area contributed by atoms with Gasteiger partial charge in [-0.15, -0.1) is 12.4 Å². The minimum atomic E-state index is 0. The molecule has 0 bridgehead atoms. The maximum atomic E-state index is 12.5. The van der Waals surface area contributed by atoms with Gasteiger partial charge >= 0.3 is 0 Å². The van der Waals surface area contributed by atoms with Crippen LogP contribution >= 0.6 is 12.4 Å². The highest BCUT2D eigenvalue weighted by Gasteiger charge is 2.35. The van der Waals surface area contributed by atoms with Gasteiger partial charge in [0, 0.05) is 19.0 Å². The molecule has 1 saturated heterocycles. The second kappa shape index (κ2) is 8.88. The molecule has 2 N–H and O–H groups in total.